The minimum Gasteiger partial charge on any atom is -0.444 e. The van der Waals surface area contributed by atoms with Gasteiger partial charge in [0.25, 0.3) is 0 Å². The van der Waals surface area contributed by atoms with E-state index in [1.807, 2.05) is 28.8 Å². The minimum atomic E-state index is -4.38. The lowest BCUT2D eigenvalue weighted by Crippen LogP contribution is -2.34. The number of hydrogen-bond donors (Lipinski definition) is 2. The molecule has 0 aliphatic rings. The fourth-order valence-corrected chi connectivity index (χ4v) is 5.13. The molecule has 4 rings (SSSR count). The van der Waals surface area contributed by atoms with Gasteiger partial charge in [-0.2, -0.15) is 13.2 Å². The topological polar surface area (TPSA) is 94.0 Å². The van der Waals surface area contributed by atoms with E-state index in [4.69, 9.17) is 9.47 Å². The van der Waals surface area contributed by atoms with Crippen molar-refractivity contribution in [2.45, 2.75) is 45.4 Å². The Morgan fingerprint density at radius 2 is 1.70 bits per heavy atom. The van der Waals surface area contributed by atoms with Gasteiger partial charge in [0, 0.05) is 31.3 Å². The van der Waals surface area contributed by atoms with Gasteiger partial charge in [0.15, 0.2) is 4.96 Å². The van der Waals surface area contributed by atoms with Crippen molar-refractivity contribution >= 4 is 38.5 Å². The monoisotopic (exact) mass is 576 g/mol. The Balaban J connectivity index is 1.26. The summed E-state index contributed by atoms with van der Waals surface area (Å²) in [6.45, 7) is 6.65. The van der Waals surface area contributed by atoms with Gasteiger partial charge in [-0.1, -0.05) is 35.6 Å². The highest BCUT2D eigenvalue weighted by Gasteiger charge is 2.30. The summed E-state index contributed by atoms with van der Waals surface area (Å²) in [6, 6.07) is 10.8. The number of imidazole rings is 1. The van der Waals surface area contributed by atoms with E-state index in [0.717, 1.165) is 32.9 Å². The van der Waals surface area contributed by atoms with Gasteiger partial charge in [-0.3, -0.25) is 9.20 Å². The summed E-state index contributed by atoms with van der Waals surface area (Å²) in [5.74, 6) is -0.0987. The Labute approximate surface area is 233 Å². The molecule has 0 atom stereocenters. The number of nitrogens with zero attached hydrogens (tertiary/aromatic N) is 2. The van der Waals surface area contributed by atoms with Gasteiger partial charge in [-0.25, -0.2) is 9.78 Å². The number of nitrogens with one attached hydrogen (secondary N) is 2. The second kappa shape index (κ2) is 12.3. The lowest BCUT2D eigenvalue weighted by Gasteiger charge is -2.19. The third-order valence-electron chi connectivity index (χ3n) is 5.81. The molecule has 2 aromatic heterocycles. The average molecular weight is 577 g/mol. The van der Waals surface area contributed by atoms with E-state index in [2.05, 4.69) is 15.6 Å². The number of hydrogen-bond acceptors (Lipinski definition) is 6. The summed E-state index contributed by atoms with van der Waals surface area (Å²) in [6.07, 6.45) is -2.23. The van der Waals surface area contributed by atoms with Crippen LogP contribution in [0.3, 0.4) is 0 Å². The number of thiazole rings is 1. The van der Waals surface area contributed by atoms with Crippen LogP contribution in [0, 0.1) is 0 Å². The quantitative estimate of drug-likeness (QED) is 0.232. The lowest BCUT2D eigenvalue weighted by molar-refractivity contribution is -0.137. The molecule has 214 valence electrons. The molecule has 0 saturated carbocycles. The smallest absolute Gasteiger partial charge is 0.416 e. The van der Waals surface area contributed by atoms with Crippen LogP contribution in [0.1, 0.15) is 38.3 Å². The molecule has 8 nitrogen and oxygen atoms in total. The minimum absolute atomic E-state index is 0.0987. The summed E-state index contributed by atoms with van der Waals surface area (Å²) < 4.78 is 52.1. The van der Waals surface area contributed by atoms with E-state index >= 15 is 0 Å². The van der Waals surface area contributed by atoms with Crippen LogP contribution in [-0.2, 0) is 26.9 Å². The standard InChI is InChI=1S/C28H31F3N4O4S/c1-27(2,3)39-26(37)33-14-16-38-15-13-32-23(36)12-9-19-5-4-6-22-24(19)40-25-34-21(17-35(22)25)18-7-10-20(11-8-18)28(29,30)31/h4-8,10-11,17H,9,12-16H2,1-3H3,(H,32,36)(H,33,37). The normalized spacial score (nSPS) is 12.2. The number of ether oxygens (including phenoxy) is 2. The first-order valence-corrected chi connectivity index (χ1v) is 13.6. The molecular weight excluding hydrogens is 545 g/mol. The third kappa shape index (κ3) is 7.72. The predicted octanol–water partition coefficient (Wildman–Crippen LogP) is 5.82. The molecule has 40 heavy (non-hydrogen) atoms. The van der Waals surface area contributed by atoms with E-state index < -0.39 is 23.4 Å². The fourth-order valence-electron chi connectivity index (χ4n) is 3.98. The average Bonchev–Trinajstić information content (AvgIpc) is 3.44. The number of carbonyl (C=O) groups is 2. The zero-order chi connectivity index (χ0) is 28.9. The number of rotatable bonds is 10. The number of halogens is 3. The van der Waals surface area contributed by atoms with E-state index in [1.54, 1.807) is 20.8 Å². The molecule has 0 saturated heterocycles. The van der Waals surface area contributed by atoms with Crippen LogP contribution in [0.15, 0.2) is 48.7 Å². The molecule has 0 spiro atoms. The highest BCUT2D eigenvalue weighted by molar-refractivity contribution is 7.23. The second-order valence-corrected chi connectivity index (χ2v) is 11.1. The summed E-state index contributed by atoms with van der Waals surface area (Å²) in [4.78, 5) is 29.3. The molecule has 2 amide bonds. The van der Waals surface area contributed by atoms with E-state index in [1.165, 1.54) is 23.5 Å². The number of alkyl halides is 3. The first-order chi connectivity index (χ1) is 18.9. The van der Waals surface area contributed by atoms with Crippen LogP contribution in [-0.4, -0.2) is 53.3 Å². The number of carbonyl (C=O) groups excluding carboxylic acids is 2. The molecule has 0 fully saturated rings. The zero-order valence-corrected chi connectivity index (χ0v) is 23.2. The second-order valence-electron chi connectivity index (χ2n) is 10.1. The van der Waals surface area contributed by atoms with Crippen LogP contribution >= 0.6 is 11.3 Å². The van der Waals surface area contributed by atoms with Crippen molar-refractivity contribution in [2.75, 3.05) is 26.3 Å². The Bertz CT molecular complexity index is 1470. The molecule has 4 aromatic rings. The van der Waals surface area contributed by atoms with Crippen molar-refractivity contribution in [3.63, 3.8) is 0 Å². The van der Waals surface area contributed by atoms with Crippen molar-refractivity contribution in [3.05, 3.63) is 59.8 Å². The van der Waals surface area contributed by atoms with Gasteiger partial charge >= 0.3 is 12.3 Å². The molecule has 0 bridgehead atoms. The molecule has 0 unspecified atom stereocenters. The fraction of sp³-hybridized carbons (Fsp3) is 0.393. The van der Waals surface area contributed by atoms with E-state index in [0.29, 0.717) is 50.4 Å². The van der Waals surface area contributed by atoms with Crippen LogP contribution in [0.5, 0.6) is 0 Å². The van der Waals surface area contributed by atoms with Gasteiger partial charge in [-0.05, 0) is 51.0 Å². The number of fused-ring (bicyclic) bond motifs is 3. The molecule has 0 aliphatic heterocycles. The van der Waals surface area contributed by atoms with Crippen LogP contribution in [0.4, 0.5) is 18.0 Å². The van der Waals surface area contributed by atoms with E-state index in [9.17, 15) is 22.8 Å². The summed E-state index contributed by atoms with van der Waals surface area (Å²) in [5, 5.41) is 5.43. The largest absolute Gasteiger partial charge is 0.444 e. The van der Waals surface area contributed by atoms with Crippen molar-refractivity contribution in [1.29, 1.82) is 0 Å². The summed E-state index contributed by atoms with van der Waals surface area (Å²) >= 11 is 1.48. The summed E-state index contributed by atoms with van der Waals surface area (Å²) in [7, 11) is 0. The van der Waals surface area contributed by atoms with Crippen LogP contribution in [0.2, 0.25) is 0 Å². The van der Waals surface area contributed by atoms with Gasteiger partial charge in [0.05, 0.1) is 34.7 Å². The SMILES string of the molecule is CC(C)(C)OC(=O)NCCOCCNC(=O)CCc1cccc2c1sc1nc(-c3ccc(C(F)(F)F)cc3)cn12. The Kier molecular flexibility index (Phi) is 8.99. The number of amides is 2. The highest BCUT2D eigenvalue weighted by Crippen LogP contribution is 2.34. The Hall–Kier alpha value is -3.64. The maximum atomic E-state index is 12.9. The lowest BCUT2D eigenvalue weighted by atomic mass is 10.1. The van der Waals surface area contributed by atoms with Crippen molar-refractivity contribution in [2.24, 2.45) is 0 Å². The highest BCUT2D eigenvalue weighted by atomic mass is 32.1. The number of alkyl carbamates (subject to hydrolysis) is 1. The maximum absolute atomic E-state index is 12.9. The molecular formula is C28H31F3N4O4S. The van der Waals surface area contributed by atoms with Crippen LogP contribution in [0.25, 0.3) is 26.4 Å². The molecule has 0 radical (unpaired) electrons. The van der Waals surface area contributed by atoms with Crippen molar-refractivity contribution in [3.8, 4) is 11.3 Å². The Morgan fingerprint density at radius 3 is 2.38 bits per heavy atom. The van der Waals surface area contributed by atoms with Gasteiger partial charge in [0.2, 0.25) is 5.91 Å². The van der Waals surface area contributed by atoms with Crippen molar-refractivity contribution < 1.29 is 32.2 Å². The van der Waals surface area contributed by atoms with Crippen molar-refractivity contribution in [1.82, 2.24) is 20.0 Å². The Morgan fingerprint density at radius 1 is 1.00 bits per heavy atom. The first kappa shape index (κ1) is 29.3. The summed E-state index contributed by atoms with van der Waals surface area (Å²) in [5.41, 5.74) is 1.89. The molecule has 2 heterocycles. The van der Waals surface area contributed by atoms with Gasteiger partial charge < -0.3 is 20.1 Å². The van der Waals surface area contributed by atoms with Gasteiger partial charge in [0.1, 0.15) is 5.60 Å². The number of benzene rings is 2. The maximum Gasteiger partial charge on any atom is 0.416 e. The molecule has 2 N–H and O–H groups in total. The van der Waals surface area contributed by atoms with Crippen LogP contribution < -0.4 is 10.6 Å². The number of aryl methyl sites for hydroxylation is 1. The zero-order valence-electron chi connectivity index (χ0n) is 22.4. The number of aromatic nitrogens is 2. The van der Waals surface area contributed by atoms with Gasteiger partial charge in [-0.15, -0.1) is 0 Å². The molecule has 0 aliphatic carbocycles. The third-order valence-corrected chi connectivity index (χ3v) is 6.96. The first-order valence-electron chi connectivity index (χ1n) is 12.8. The molecule has 2 aromatic carbocycles. The predicted molar refractivity (Wildman–Crippen MR) is 147 cm³/mol. The van der Waals surface area contributed by atoms with E-state index in [-0.39, 0.29) is 5.91 Å². The molecule has 12 heteroatoms.